The third-order valence-corrected chi connectivity index (χ3v) is 2.95. The van der Waals surface area contributed by atoms with E-state index in [9.17, 15) is 21.6 Å². The number of fused-ring (bicyclic) bond motifs is 1. The molecule has 0 aliphatic heterocycles. The molecule has 2 rings (SSSR count). The van der Waals surface area contributed by atoms with Crippen LogP contribution in [-0.4, -0.2) is 28.0 Å². The third kappa shape index (κ3) is 2.25. The number of hydrogen-bond acceptors (Lipinski definition) is 5. The van der Waals surface area contributed by atoms with Gasteiger partial charge in [0, 0.05) is 16.4 Å². The molecule has 0 N–H and O–H groups in total. The Hall–Kier alpha value is -1.42. The van der Waals surface area contributed by atoms with Crippen molar-refractivity contribution >= 4 is 25.5 Å². The summed E-state index contributed by atoms with van der Waals surface area (Å²) in [6, 6.07) is 0.728. The highest BCUT2D eigenvalue weighted by Crippen LogP contribution is 2.29. The lowest BCUT2D eigenvalue weighted by molar-refractivity contribution is -0.142. The SMILES string of the molecule is Cc1cc(C(F)(F)F)n2nc(S(=O)(=O)Cl)nc2n1. The molecule has 98 valence electrons. The number of nitrogens with zero attached hydrogens (tertiary/aromatic N) is 4. The summed E-state index contributed by atoms with van der Waals surface area (Å²) in [6.45, 7) is 1.32. The summed E-state index contributed by atoms with van der Waals surface area (Å²) in [4.78, 5) is 6.99. The van der Waals surface area contributed by atoms with Crippen LogP contribution < -0.4 is 0 Å². The molecule has 0 aliphatic carbocycles. The zero-order chi connectivity index (χ0) is 13.7. The molecule has 0 saturated carbocycles. The van der Waals surface area contributed by atoms with Crippen molar-refractivity contribution in [2.24, 2.45) is 0 Å². The lowest BCUT2D eigenvalue weighted by Gasteiger charge is -2.08. The maximum absolute atomic E-state index is 12.7. The standard InChI is InChI=1S/C7H4ClF3N4O2S/c1-3-2-4(7(9,10)11)15-5(12-3)13-6(14-15)18(8,16)17/h2H,1H3. The van der Waals surface area contributed by atoms with Crippen LogP contribution in [0.3, 0.4) is 0 Å². The second-order valence-electron chi connectivity index (χ2n) is 3.32. The summed E-state index contributed by atoms with van der Waals surface area (Å²) in [5.74, 6) is -0.485. The third-order valence-electron chi connectivity index (χ3n) is 1.93. The normalized spacial score (nSPS) is 13.2. The number of rotatable bonds is 1. The average Bonchev–Trinajstić information content (AvgIpc) is 2.57. The van der Waals surface area contributed by atoms with Crippen molar-refractivity contribution in [3.63, 3.8) is 0 Å². The van der Waals surface area contributed by atoms with Gasteiger partial charge in [-0.3, -0.25) is 0 Å². The molecule has 2 heterocycles. The minimum Gasteiger partial charge on any atom is -0.216 e. The maximum atomic E-state index is 12.7. The van der Waals surface area contributed by atoms with E-state index in [-0.39, 0.29) is 5.69 Å². The van der Waals surface area contributed by atoms with E-state index in [1.807, 2.05) is 0 Å². The molecule has 0 radical (unpaired) electrons. The van der Waals surface area contributed by atoms with E-state index in [1.54, 1.807) is 0 Å². The molecular formula is C7H4ClF3N4O2S. The molecule has 11 heteroatoms. The van der Waals surface area contributed by atoms with Gasteiger partial charge in [0.25, 0.3) is 20.0 Å². The van der Waals surface area contributed by atoms with Gasteiger partial charge < -0.3 is 0 Å². The summed E-state index contributed by atoms with van der Waals surface area (Å²) in [5, 5.41) is 2.27. The molecule has 0 atom stereocenters. The van der Waals surface area contributed by atoms with Crippen molar-refractivity contribution in [3.05, 3.63) is 17.5 Å². The van der Waals surface area contributed by atoms with Crippen LogP contribution in [-0.2, 0) is 15.2 Å². The maximum Gasteiger partial charge on any atom is 0.433 e. The average molecular weight is 301 g/mol. The van der Waals surface area contributed by atoms with E-state index < -0.39 is 31.9 Å². The Morgan fingerprint density at radius 3 is 2.44 bits per heavy atom. The molecule has 0 amide bonds. The van der Waals surface area contributed by atoms with Crippen LogP contribution >= 0.6 is 10.7 Å². The van der Waals surface area contributed by atoms with Crippen LogP contribution in [0.1, 0.15) is 11.4 Å². The minimum atomic E-state index is -4.72. The molecule has 18 heavy (non-hydrogen) atoms. The lowest BCUT2D eigenvalue weighted by Crippen LogP contribution is -2.14. The van der Waals surface area contributed by atoms with Crippen LogP contribution in [0.4, 0.5) is 13.2 Å². The quantitative estimate of drug-likeness (QED) is 0.744. The number of alkyl halides is 3. The second kappa shape index (κ2) is 3.79. The van der Waals surface area contributed by atoms with Gasteiger partial charge in [-0.25, -0.2) is 13.4 Å². The molecule has 0 fully saturated rings. The van der Waals surface area contributed by atoms with E-state index in [0.717, 1.165) is 6.07 Å². The molecule has 0 unspecified atom stereocenters. The van der Waals surface area contributed by atoms with Crippen LogP contribution in [0.2, 0.25) is 0 Å². The Bertz CT molecular complexity index is 724. The van der Waals surface area contributed by atoms with Crippen LogP contribution in [0.5, 0.6) is 0 Å². The van der Waals surface area contributed by atoms with Gasteiger partial charge in [0.1, 0.15) is 0 Å². The zero-order valence-corrected chi connectivity index (χ0v) is 10.2. The van der Waals surface area contributed by atoms with Gasteiger partial charge in [-0.1, -0.05) is 0 Å². The monoisotopic (exact) mass is 300 g/mol. The van der Waals surface area contributed by atoms with E-state index in [0.29, 0.717) is 4.52 Å². The molecule has 0 spiro atoms. The van der Waals surface area contributed by atoms with Gasteiger partial charge in [0.15, 0.2) is 5.69 Å². The first kappa shape index (κ1) is 13.0. The highest BCUT2D eigenvalue weighted by Gasteiger charge is 2.35. The number of hydrogen-bond donors (Lipinski definition) is 0. The summed E-state index contributed by atoms with van der Waals surface area (Å²) in [7, 11) is 0.643. The summed E-state index contributed by atoms with van der Waals surface area (Å²) >= 11 is 0. The molecule has 2 aromatic heterocycles. The van der Waals surface area contributed by atoms with Crippen LogP contribution in [0, 0.1) is 6.92 Å². The van der Waals surface area contributed by atoms with Gasteiger partial charge in [-0.05, 0) is 13.0 Å². The van der Waals surface area contributed by atoms with Crippen LogP contribution in [0.15, 0.2) is 11.2 Å². The van der Waals surface area contributed by atoms with Gasteiger partial charge in [0.2, 0.25) is 0 Å². The Morgan fingerprint density at radius 2 is 1.94 bits per heavy atom. The Labute approximate surface area is 103 Å². The first-order chi connectivity index (χ1) is 8.09. The Morgan fingerprint density at radius 1 is 1.33 bits per heavy atom. The van der Waals surface area contributed by atoms with Crippen molar-refractivity contribution in [1.82, 2.24) is 19.6 Å². The highest BCUT2D eigenvalue weighted by molar-refractivity contribution is 8.13. The number of halogens is 4. The zero-order valence-electron chi connectivity index (χ0n) is 8.60. The molecule has 0 bridgehead atoms. The summed E-state index contributed by atoms with van der Waals surface area (Å²) in [6.07, 6.45) is -4.72. The predicted molar refractivity (Wildman–Crippen MR) is 53.6 cm³/mol. The number of aryl methyl sites for hydroxylation is 1. The van der Waals surface area contributed by atoms with Crippen LogP contribution in [0.25, 0.3) is 5.78 Å². The fraction of sp³-hybridized carbons (Fsp3) is 0.286. The van der Waals surface area contributed by atoms with Crippen molar-refractivity contribution in [2.45, 2.75) is 18.3 Å². The van der Waals surface area contributed by atoms with Gasteiger partial charge in [-0.15, -0.1) is 5.10 Å². The van der Waals surface area contributed by atoms with Gasteiger partial charge >= 0.3 is 6.18 Å². The molecular weight excluding hydrogens is 297 g/mol. The van der Waals surface area contributed by atoms with Crippen molar-refractivity contribution < 1.29 is 21.6 Å². The predicted octanol–water partition coefficient (Wildman–Crippen LogP) is 1.38. The first-order valence-electron chi connectivity index (χ1n) is 4.35. The Balaban J connectivity index is 2.85. The van der Waals surface area contributed by atoms with Crippen molar-refractivity contribution in [3.8, 4) is 0 Å². The highest BCUT2D eigenvalue weighted by atomic mass is 35.7. The molecule has 0 saturated heterocycles. The smallest absolute Gasteiger partial charge is 0.216 e. The Kier molecular flexibility index (Phi) is 2.74. The topological polar surface area (TPSA) is 77.2 Å². The van der Waals surface area contributed by atoms with E-state index in [1.165, 1.54) is 6.92 Å². The van der Waals surface area contributed by atoms with Crippen molar-refractivity contribution in [2.75, 3.05) is 0 Å². The molecule has 0 aromatic carbocycles. The molecule has 0 aliphatic rings. The largest absolute Gasteiger partial charge is 0.433 e. The molecule has 6 nitrogen and oxygen atoms in total. The lowest BCUT2D eigenvalue weighted by atomic mass is 10.3. The van der Waals surface area contributed by atoms with E-state index >= 15 is 0 Å². The van der Waals surface area contributed by atoms with Gasteiger partial charge in [-0.2, -0.15) is 22.7 Å². The van der Waals surface area contributed by atoms with E-state index in [4.69, 9.17) is 10.7 Å². The number of aromatic nitrogens is 4. The fourth-order valence-corrected chi connectivity index (χ4v) is 1.84. The summed E-state index contributed by atoms with van der Waals surface area (Å²) < 4.78 is 60.3. The van der Waals surface area contributed by atoms with Crippen molar-refractivity contribution in [1.29, 1.82) is 0 Å². The van der Waals surface area contributed by atoms with E-state index in [2.05, 4.69) is 15.1 Å². The summed E-state index contributed by atoms with van der Waals surface area (Å²) in [5.41, 5.74) is -1.15. The molecule has 2 aromatic rings. The van der Waals surface area contributed by atoms with Gasteiger partial charge in [0.05, 0.1) is 0 Å². The second-order valence-corrected chi connectivity index (χ2v) is 5.78. The fourth-order valence-electron chi connectivity index (χ4n) is 1.27. The first-order valence-corrected chi connectivity index (χ1v) is 6.66. The minimum absolute atomic E-state index is 0.0285.